The summed E-state index contributed by atoms with van der Waals surface area (Å²) in [4.78, 5) is 7.31. The third-order valence-electron chi connectivity index (χ3n) is 0.467. The van der Waals surface area contributed by atoms with E-state index in [4.69, 9.17) is 0 Å². The van der Waals surface area contributed by atoms with Crippen molar-refractivity contribution in [3.05, 3.63) is 9.78 Å². The second-order valence-electron chi connectivity index (χ2n) is 1.08. The average Bonchev–Trinajstić information content (AvgIpc) is 1.68. The van der Waals surface area contributed by atoms with Gasteiger partial charge in [0, 0.05) is 23.0 Å². The normalized spacial score (nSPS) is 12.5. The molecule has 3 heteroatoms. The lowest BCUT2D eigenvalue weighted by Crippen LogP contribution is -1.68. The van der Waals surface area contributed by atoms with Crippen LogP contribution in [-0.2, 0) is 0 Å². The predicted molar refractivity (Wildman–Crippen MR) is 46.1 cm³/mol. The highest BCUT2D eigenvalue weighted by Gasteiger charge is 1.76. The van der Waals surface area contributed by atoms with E-state index in [9.17, 15) is 0 Å². The first-order chi connectivity index (χ1) is 3.81. The van der Waals surface area contributed by atoms with Crippen LogP contribution in [0, 0.1) is 0 Å². The van der Waals surface area contributed by atoms with Crippen molar-refractivity contribution < 1.29 is 0 Å². The van der Waals surface area contributed by atoms with Crippen LogP contribution in [0.1, 0.15) is 0 Å². The van der Waals surface area contributed by atoms with E-state index in [1.807, 2.05) is 0 Å². The van der Waals surface area contributed by atoms with Gasteiger partial charge in [-0.2, -0.15) is 0 Å². The molecule has 0 atom stereocenters. The molecule has 0 aliphatic rings. The molecule has 0 aromatic carbocycles. The fourth-order valence-electron chi connectivity index (χ4n) is 0.244. The Morgan fingerprint density at radius 2 is 2.38 bits per heavy atom. The van der Waals surface area contributed by atoms with Crippen LogP contribution >= 0.6 is 22.6 Å². The zero-order valence-corrected chi connectivity index (χ0v) is 6.79. The molecular weight excluding hydrogens is 215 g/mol. The fraction of sp³-hybridized carbons (Fsp3) is 0.200. The molecular formula is C5H7IN2. The molecule has 44 valence electrons. The Morgan fingerprint density at radius 1 is 1.75 bits per heavy atom. The van der Waals surface area contributed by atoms with Gasteiger partial charge in [-0.1, -0.05) is 0 Å². The van der Waals surface area contributed by atoms with E-state index < -0.39 is 0 Å². The van der Waals surface area contributed by atoms with Gasteiger partial charge < -0.3 is 0 Å². The van der Waals surface area contributed by atoms with Gasteiger partial charge in [0.25, 0.3) is 0 Å². The van der Waals surface area contributed by atoms with Gasteiger partial charge in [-0.05, 0) is 29.3 Å². The number of hydrogen-bond acceptors (Lipinski definition) is 2. The topological polar surface area (TPSA) is 24.7 Å². The summed E-state index contributed by atoms with van der Waals surface area (Å²) < 4.78 is 0.986. The van der Waals surface area contributed by atoms with E-state index in [-0.39, 0.29) is 0 Å². The van der Waals surface area contributed by atoms with Crippen molar-refractivity contribution in [2.45, 2.75) is 0 Å². The summed E-state index contributed by atoms with van der Waals surface area (Å²) in [6.07, 6.45) is 3.36. The number of halogens is 1. The van der Waals surface area contributed by atoms with E-state index >= 15 is 0 Å². The molecule has 0 N–H and O–H groups in total. The zero-order valence-electron chi connectivity index (χ0n) is 4.63. The molecule has 0 saturated heterocycles. The highest BCUT2D eigenvalue weighted by atomic mass is 127. The molecule has 0 bridgehead atoms. The maximum absolute atomic E-state index is 3.77. The molecule has 0 radical (unpaired) electrons. The van der Waals surface area contributed by atoms with E-state index in [1.54, 1.807) is 19.5 Å². The van der Waals surface area contributed by atoms with E-state index in [2.05, 4.69) is 39.3 Å². The molecule has 0 saturated carbocycles. The van der Waals surface area contributed by atoms with Gasteiger partial charge >= 0.3 is 0 Å². The minimum atomic E-state index is 0.986. The predicted octanol–water partition coefficient (Wildman–Crippen LogP) is 1.66. The van der Waals surface area contributed by atoms with Crippen molar-refractivity contribution in [2.75, 3.05) is 7.05 Å². The van der Waals surface area contributed by atoms with Gasteiger partial charge in [-0.25, -0.2) is 0 Å². The summed E-state index contributed by atoms with van der Waals surface area (Å²) in [5.74, 6) is 0. The second kappa shape index (κ2) is 4.96. The van der Waals surface area contributed by atoms with Crippen molar-refractivity contribution in [2.24, 2.45) is 9.98 Å². The molecule has 0 aromatic heterocycles. The third kappa shape index (κ3) is 3.98. The summed E-state index contributed by atoms with van der Waals surface area (Å²) in [7, 11) is 1.72. The quantitative estimate of drug-likeness (QED) is 0.501. The molecule has 0 fully saturated rings. The van der Waals surface area contributed by atoms with Crippen molar-refractivity contribution in [1.82, 2.24) is 0 Å². The molecule has 8 heavy (non-hydrogen) atoms. The first-order valence-electron chi connectivity index (χ1n) is 2.05. The van der Waals surface area contributed by atoms with Crippen LogP contribution < -0.4 is 0 Å². The molecule has 0 amide bonds. The van der Waals surface area contributed by atoms with Gasteiger partial charge in [-0.3, -0.25) is 9.98 Å². The summed E-state index contributed by atoms with van der Waals surface area (Å²) >= 11 is 2.12. The first-order valence-corrected chi connectivity index (χ1v) is 3.12. The Bertz CT molecular complexity index is 126. The Balaban J connectivity index is 3.79. The average molecular weight is 222 g/mol. The lowest BCUT2D eigenvalue weighted by molar-refractivity contribution is 1.47. The number of allylic oxidation sites excluding steroid dienone is 1. The molecule has 0 heterocycles. The number of rotatable bonds is 2. The minimum Gasteiger partial charge on any atom is -0.295 e. The molecule has 0 rings (SSSR count). The van der Waals surface area contributed by atoms with Crippen LogP contribution in [-0.4, -0.2) is 20.0 Å². The van der Waals surface area contributed by atoms with E-state index in [0.29, 0.717) is 0 Å². The van der Waals surface area contributed by atoms with E-state index in [0.717, 1.165) is 3.58 Å². The lowest BCUT2D eigenvalue weighted by atomic mass is 10.7. The second-order valence-corrected chi connectivity index (χ2v) is 2.33. The monoisotopic (exact) mass is 222 g/mol. The fourth-order valence-corrected chi connectivity index (χ4v) is 0.719. The third-order valence-corrected chi connectivity index (χ3v) is 1.02. The molecule has 0 aliphatic carbocycles. The number of hydrogen-bond donors (Lipinski definition) is 0. The van der Waals surface area contributed by atoms with Gasteiger partial charge in [0.2, 0.25) is 0 Å². The maximum atomic E-state index is 3.77. The van der Waals surface area contributed by atoms with Crippen LogP contribution in [0.3, 0.4) is 0 Å². The van der Waals surface area contributed by atoms with Crippen LogP contribution in [0.25, 0.3) is 0 Å². The Labute approximate surface area is 62.6 Å². The largest absolute Gasteiger partial charge is 0.295 e. The Hall–Kier alpha value is -0.190. The van der Waals surface area contributed by atoms with Crippen LogP contribution in [0.15, 0.2) is 19.8 Å². The summed E-state index contributed by atoms with van der Waals surface area (Å²) in [6.45, 7) is 3.29. The van der Waals surface area contributed by atoms with Crippen LogP contribution in [0.4, 0.5) is 0 Å². The molecule has 0 aromatic rings. The lowest BCUT2D eigenvalue weighted by Gasteiger charge is -1.79. The SMILES string of the molecule is C=N/C=C(/I)C=NC. The molecule has 2 nitrogen and oxygen atoms in total. The van der Waals surface area contributed by atoms with E-state index in [1.165, 1.54) is 0 Å². The van der Waals surface area contributed by atoms with Crippen molar-refractivity contribution in [3.63, 3.8) is 0 Å². The summed E-state index contributed by atoms with van der Waals surface area (Å²) in [6, 6.07) is 0. The zero-order chi connectivity index (χ0) is 6.41. The first kappa shape index (κ1) is 7.81. The highest BCUT2D eigenvalue weighted by Crippen LogP contribution is 2.00. The highest BCUT2D eigenvalue weighted by molar-refractivity contribution is 14.1. The van der Waals surface area contributed by atoms with Gasteiger partial charge in [-0.15, -0.1) is 0 Å². The van der Waals surface area contributed by atoms with Crippen LogP contribution in [0.2, 0.25) is 0 Å². The van der Waals surface area contributed by atoms with Crippen molar-refractivity contribution in [3.8, 4) is 0 Å². The maximum Gasteiger partial charge on any atom is 0.0491 e. The van der Waals surface area contributed by atoms with Crippen molar-refractivity contribution >= 4 is 35.5 Å². The smallest absolute Gasteiger partial charge is 0.0491 e. The number of nitrogens with zero attached hydrogens (tertiary/aromatic N) is 2. The molecule has 0 aliphatic heterocycles. The van der Waals surface area contributed by atoms with Crippen LogP contribution in [0.5, 0.6) is 0 Å². The molecule has 0 unspecified atom stereocenters. The summed E-state index contributed by atoms with van der Waals surface area (Å²) in [5.41, 5.74) is 0. The van der Waals surface area contributed by atoms with Crippen molar-refractivity contribution in [1.29, 1.82) is 0 Å². The Morgan fingerprint density at radius 3 is 2.75 bits per heavy atom. The minimum absolute atomic E-state index is 0.986. The number of aliphatic imine (C=N–C) groups is 2. The Kier molecular flexibility index (Phi) is 4.84. The molecule has 0 spiro atoms. The standard InChI is InChI=1S/C5H7IN2/c1-7-3-5(6)4-8-2/h3-4H,1H2,2H3/b5-3+,8-4?. The van der Waals surface area contributed by atoms with Gasteiger partial charge in [0.05, 0.1) is 0 Å². The van der Waals surface area contributed by atoms with Gasteiger partial charge in [0.15, 0.2) is 0 Å². The van der Waals surface area contributed by atoms with Gasteiger partial charge in [0.1, 0.15) is 0 Å². The summed E-state index contributed by atoms with van der Waals surface area (Å²) in [5, 5.41) is 0.